The first-order valence-corrected chi connectivity index (χ1v) is 11.1. The van der Waals surface area contributed by atoms with Crippen molar-refractivity contribution < 1.29 is 0 Å². The van der Waals surface area contributed by atoms with Crippen molar-refractivity contribution in [3.8, 4) is 11.3 Å². The molecule has 4 heteroatoms. The summed E-state index contributed by atoms with van der Waals surface area (Å²) < 4.78 is 0. The van der Waals surface area contributed by atoms with Gasteiger partial charge in [-0.1, -0.05) is 65.7 Å². The minimum atomic E-state index is 0.157. The van der Waals surface area contributed by atoms with Gasteiger partial charge in [0.15, 0.2) is 0 Å². The van der Waals surface area contributed by atoms with Gasteiger partial charge in [0, 0.05) is 23.2 Å². The Morgan fingerprint density at radius 2 is 1.66 bits per heavy atom. The molecule has 0 radical (unpaired) electrons. The maximum absolute atomic E-state index is 6.73. The minimum Gasteiger partial charge on any atom is -0.323 e. The largest absolute Gasteiger partial charge is 0.323 e. The molecule has 2 nitrogen and oxygen atoms in total. The SMILES string of the molecule is NC1c2ccccc2CC12CCC(c1cccc(-c3cccc(Cl)c3Cl)n1)CC2. The van der Waals surface area contributed by atoms with Crippen LogP contribution in [0.3, 0.4) is 0 Å². The van der Waals surface area contributed by atoms with Crippen LogP contribution in [0.4, 0.5) is 0 Å². The molecule has 0 aliphatic heterocycles. The molecule has 1 atom stereocenters. The Morgan fingerprint density at radius 1 is 0.897 bits per heavy atom. The van der Waals surface area contributed by atoms with Gasteiger partial charge >= 0.3 is 0 Å². The van der Waals surface area contributed by atoms with Crippen LogP contribution >= 0.6 is 23.2 Å². The van der Waals surface area contributed by atoms with E-state index in [-0.39, 0.29) is 11.5 Å². The van der Waals surface area contributed by atoms with E-state index < -0.39 is 0 Å². The van der Waals surface area contributed by atoms with Gasteiger partial charge in [-0.25, -0.2) is 0 Å². The molecule has 1 aromatic heterocycles. The molecule has 5 rings (SSSR count). The highest BCUT2D eigenvalue weighted by Crippen LogP contribution is 2.55. The van der Waals surface area contributed by atoms with Crippen molar-refractivity contribution in [2.24, 2.45) is 11.1 Å². The normalized spacial score (nSPS) is 25.9. The van der Waals surface area contributed by atoms with Crippen molar-refractivity contribution >= 4 is 23.2 Å². The van der Waals surface area contributed by atoms with Crippen LogP contribution in [-0.4, -0.2) is 4.98 Å². The van der Waals surface area contributed by atoms with Crippen molar-refractivity contribution in [1.29, 1.82) is 0 Å². The fraction of sp³-hybridized carbons (Fsp3) is 0.320. The molecule has 1 unspecified atom stereocenters. The standard InChI is InChI=1S/C25H24Cl2N2/c26-20-8-3-7-19(23(20)27)22-10-4-9-21(29-22)16-11-13-25(14-12-16)15-17-5-1-2-6-18(17)24(25)28/h1-10,16,24H,11-15,28H2. The van der Waals surface area contributed by atoms with Gasteiger partial charge in [-0.2, -0.15) is 0 Å². The average molecular weight is 423 g/mol. The Bertz CT molecular complexity index is 1050. The van der Waals surface area contributed by atoms with Gasteiger partial charge in [0.2, 0.25) is 0 Å². The molecule has 1 saturated carbocycles. The Hall–Kier alpha value is -1.87. The number of nitrogens with two attached hydrogens (primary N) is 1. The summed E-state index contributed by atoms with van der Waals surface area (Å²) >= 11 is 12.6. The topological polar surface area (TPSA) is 38.9 Å². The summed E-state index contributed by atoms with van der Waals surface area (Å²) in [4.78, 5) is 4.97. The molecule has 148 valence electrons. The summed E-state index contributed by atoms with van der Waals surface area (Å²) in [7, 11) is 0. The third kappa shape index (κ3) is 3.28. The lowest BCUT2D eigenvalue weighted by Crippen LogP contribution is -2.35. The lowest BCUT2D eigenvalue weighted by Gasteiger charge is -2.40. The van der Waals surface area contributed by atoms with E-state index in [1.54, 1.807) is 6.07 Å². The van der Waals surface area contributed by atoms with Gasteiger partial charge in [0.05, 0.1) is 15.7 Å². The number of benzene rings is 2. The fourth-order valence-electron chi connectivity index (χ4n) is 5.32. The van der Waals surface area contributed by atoms with E-state index in [1.807, 2.05) is 18.2 Å². The molecule has 3 aromatic rings. The van der Waals surface area contributed by atoms with E-state index in [4.69, 9.17) is 33.9 Å². The van der Waals surface area contributed by atoms with E-state index in [0.29, 0.717) is 16.0 Å². The number of aromatic nitrogens is 1. The number of rotatable bonds is 2. The van der Waals surface area contributed by atoms with Gasteiger partial charge in [0.25, 0.3) is 0 Å². The van der Waals surface area contributed by atoms with E-state index in [9.17, 15) is 0 Å². The highest BCUT2D eigenvalue weighted by Gasteiger charge is 2.46. The van der Waals surface area contributed by atoms with Crippen LogP contribution < -0.4 is 5.73 Å². The Morgan fingerprint density at radius 3 is 2.45 bits per heavy atom. The zero-order valence-corrected chi connectivity index (χ0v) is 17.8. The van der Waals surface area contributed by atoms with Crippen LogP contribution in [-0.2, 0) is 6.42 Å². The van der Waals surface area contributed by atoms with E-state index in [0.717, 1.165) is 49.1 Å². The van der Waals surface area contributed by atoms with Gasteiger partial charge in [-0.3, -0.25) is 4.98 Å². The van der Waals surface area contributed by atoms with Crippen LogP contribution in [0.15, 0.2) is 60.7 Å². The third-order valence-electron chi connectivity index (χ3n) is 6.99. The van der Waals surface area contributed by atoms with Crippen LogP contribution in [0.2, 0.25) is 10.0 Å². The molecular formula is C25H24Cl2N2. The lowest BCUT2D eigenvalue weighted by atomic mass is 9.66. The smallest absolute Gasteiger partial charge is 0.0720 e. The maximum Gasteiger partial charge on any atom is 0.0720 e. The number of pyridine rings is 1. The van der Waals surface area contributed by atoms with Crippen molar-refractivity contribution in [2.45, 2.75) is 44.1 Å². The highest BCUT2D eigenvalue weighted by atomic mass is 35.5. The van der Waals surface area contributed by atoms with Crippen molar-refractivity contribution in [2.75, 3.05) is 0 Å². The van der Waals surface area contributed by atoms with Gasteiger partial charge < -0.3 is 5.73 Å². The zero-order chi connectivity index (χ0) is 20.0. The minimum absolute atomic E-state index is 0.157. The van der Waals surface area contributed by atoms with Crippen LogP contribution in [0, 0.1) is 5.41 Å². The summed E-state index contributed by atoms with van der Waals surface area (Å²) in [5.74, 6) is 0.467. The second-order valence-electron chi connectivity index (χ2n) is 8.54. The van der Waals surface area contributed by atoms with Gasteiger partial charge in [-0.15, -0.1) is 0 Å². The monoisotopic (exact) mass is 422 g/mol. The first-order valence-electron chi connectivity index (χ1n) is 10.3. The summed E-state index contributed by atoms with van der Waals surface area (Å²) in [6.45, 7) is 0. The summed E-state index contributed by atoms with van der Waals surface area (Å²) in [6.07, 6.45) is 5.67. The zero-order valence-electron chi connectivity index (χ0n) is 16.2. The number of fused-ring (bicyclic) bond motifs is 1. The molecule has 1 heterocycles. The third-order valence-corrected chi connectivity index (χ3v) is 7.81. The Labute approximate surface area is 182 Å². The number of hydrogen-bond acceptors (Lipinski definition) is 2. The Balaban J connectivity index is 1.37. The molecule has 0 amide bonds. The Kier molecular flexibility index (Phi) is 4.90. The van der Waals surface area contributed by atoms with Crippen molar-refractivity contribution in [3.63, 3.8) is 0 Å². The average Bonchev–Trinajstić information content (AvgIpc) is 3.02. The highest BCUT2D eigenvalue weighted by molar-refractivity contribution is 6.43. The predicted molar refractivity (Wildman–Crippen MR) is 120 cm³/mol. The molecule has 29 heavy (non-hydrogen) atoms. The quantitative estimate of drug-likeness (QED) is 0.484. The van der Waals surface area contributed by atoms with Gasteiger partial charge in [-0.05, 0) is 66.8 Å². The molecule has 2 aliphatic rings. The molecular weight excluding hydrogens is 399 g/mol. The van der Waals surface area contributed by atoms with Crippen molar-refractivity contribution in [1.82, 2.24) is 4.98 Å². The number of nitrogens with zero attached hydrogens (tertiary/aromatic N) is 1. The first-order chi connectivity index (χ1) is 14.1. The molecule has 2 aromatic carbocycles. The van der Waals surface area contributed by atoms with Crippen LogP contribution in [0.5, 0.6) is 0 Å². The van der Waals surface area contributed by atoms with Crippen molar-refractivity contribution in [3.05, 3.63) is 87.5 Å². The molecule has 0 bridgehead atoms. The second kappa shape index (κ2) is 7.43. The number of halogens is 2. The van der Waals surface area contributed by atoms with Crippen LogP contribution in [0.25, 0.3) is 11.3 Å². The predicted octanol–water partition coefficient (Wildman–Crippen LogP) is 6.96. The van der Waals surface area contributed by atoms with E-state index >= 15 is 0 Å². The summed E-state index contributed by atoms with van der Waals surface area (Å²) in [6, 6.07) is 20.8. The fourth-order valence-corrected chi connectivity index (χ4v) is 5.72. The van der Waals surface area contributed by atoms with E-state index in [2.05, 4.69) is 36.4 Å². The second-order valence-corrected chi connectivity index (χ2v) is 9.32. The molecule has 0 saturated heterocycles. The van der Waals surface area contributed by atoms with Gasteiger partial charge in [0.1, 0.15) is 0 Å². The number of hydrogen-bond donors (Lipinski definition) is 1. The molecule has 1 spiro atoms. The van der Waals surface area contributed by atoms with Crippen LogP contribution in [0.1, 0.15) is 54.5 Å². The molecule has 2 N–H and O–H groups in total. The van der Waals surface area contributed by atoms with E-state index in [1.165, 1.54) is 11.1 Å². The maximum atomic E-state index is 6.73. The lowest BCUT2D eigenvalue weighted by molar-refractivity contribution is 0.148. The molecule has 2 aliphatic carbocycles. The molecule has 1 fully saturated rings. The summed E-state index contributed by atoms with van der Waals surface area (Å²) in [5, 5.41) is 1.13. The first kappa shape index (κ1) is 19.1. The summed E-state index contributed by atoms with van der Waals surface area (Å²) in [5.41, 5.74) is 12.7.